The fourth-order valence-corrected chi connectivity index (χ4v) is 2.07. The molecule has 0 radical (unpaired) electrons. The molecule has 0 aliphatic carbocycles. The molecule has 0 bridgehead atoms. The molecule has 102 valence electrons. The molecular formula is C14H16N6. The number of hydrogen-bond donors (Lipinski definition) is 2. The smallest absolute Gasteiger partial charge is 0.131 e. The summed E-state index contributed by atoms with van der Waals surface area (Å²) in [4.78, 5) is 12.6. The van der Waals surface area contributed by atoms with Crippen LogP contribution in [-0.2, 0) is 13.6 Å². The van der Waals surface area contributed by atoms with Crippen molar-refractivity contribution in [2.75, 3.05) is 17.7 Å². The second kappa shape index (κ2) is 5.16. The van der Waals surface area contributed by atoms with Crippen molar-refractivity contribution in [3.05, 3.63) is 42.5 Å². The van der Waals surface area contributed by atoms with Gasteiger partial charge in [0.1, 0.15) is 18.0 Å². The van der Waals surface area contributed by atoms with Gasteiger partial charge in [0.25, 0.3) is 0 Å². The van der Waals surface area contributed by atoms with Gasteiger partial charge < -0.3 is 15.2 Å². The van der Waals surface area contributed by atoms with Gasteiger partial charge in [-0.15, -0.1) is 0 Å². The van der Waals surface area contributed by atoms with Crippen molar-refractivity contribution >= 4 is 22.7 Å². The SMILES string of the molecule is CNc1cc(NCc2ccc3c(c2)ncn3C)ncn1. The Morgan fingerprint density at radius 1 is 1.10 bits per heavy atom. The van der Waals surface area contributed by atoms with Gasteiger partial charge in [0.05, 0.1) is 17.4 Å². The maximum Gasteiger partial charge on any atom is 0.131 e. The summed E-state index contributed by atoms with van der Waals surface area (Å²) in [5.41, 5.74) is 3.31. The lowest BCUT2D eigenvalue weighted by atomic mass is 10.2. The zero-order valence-electron chi connectivity index (χ0n) is 11.5. The first kappa shape index (κ1) is 12.4. The van der Waals surface area contributed by atoms with E-state index < -0.39 is 0 Å². The number of aromatic nitrogens is 4. The van der Waals surface area contributed by atoms with E-state index in [0.29, 0.717) is 6.54 Å². The molecular weight excluding hydrogens is 252 g/mol. The Morgan fingerprint density at radius 2 is 1.95 bits per heavy atom. The summed E-state index contributed by atoms with van der Waals surface area (Å²) in [6, 6.07) is 8.14. The zero-order valence-corrected chi connectivity index (χ0v) is 11.5. The van der Waals surface area contributed by atoms with E-state index in [1.54, 1.807) is 0 Å². The summed E-state index contributed by atoms with van der Waals surface area (Å²) >= 11 is 0. The van der Waals surface area contributed by atoms with E-state index in [0.717, 1.165) is 22.7 Å². The van der Waals surface area contributed by atoms with Crippen molar-refractivity contribution in [1.29, 1.82) is 0 Å². The number of aryl methyl sites for hydroxylation is 1. The van der Waals surface area contributed by atoms with E-state index in [1.807, 2.05) is 31.1 Å². The fraction of sp³-hybridized carbons (Fsp3) is 0.214. The maximum atomic E-state index is 4.36. The first-order valence-electron chi connectivity index (χ1n) is 6.40. The Bertz CT molecular complexity index is 733. The van der Waals surface area contributed by atoms with Crippen molar-refractivity contribution in [3.8, 4) is 0 Å². The van der Waals surface area contributed by atoms with Crippen LogP contribution in [-0.4, -0.2) is 26.6 Å². The molecule has 2 N–H and O–H groups in total. The molecule has 0 saturated carbocycles. The van der Waals surface area contributed by atoms with Gasteiger partial charge >= 0.3 is 0 Å². The Morgan fingerprint density at radius 3 is 2.80 bits per heavy atom. The minimum absolute atomic E-state index is 0.701. The molecule has 20 heavy (non-hydrogen) atoms. The van der Waals surface area contributed by atoms with E-state index in [2.05, 4.69) is 43.8 Å². The molecule has 1 aromatic carbocycles. The largest absolute Gasteiger partial charge is 0.373 e. The van der Waals surface area contributed by atoms with Crippen LogP contribution in [0.4, 0.5) is 11.6 Å². The van der Waals surface area contributed by atoms with Crippen LogP contribution < -0.4 is 10.6 Å². The van der Waals surface area contributed by atoms with Crippen LogP contribution in [0.15, 0.2) is 36.9 Å². The fourth-order valence-electron chi connectivity index (χ4n) is 2.07. The van der Waals surface area contributed by atoms with Crippen molar-refractivity contribution < 1.29 is 0 Å². The summed E-state index contributed by atoms with van der Waals surface area (Å²) in [7, 11) is 3.83. The van der Waals surface area contributed by atoms with Crippen LogP contribution in [0, 0.1) is 0 Å². The molecule has 0 fully saturated rings. The zero-order chi connectivity index (χ0) is 13.9. The number of hydrogen-bond acceptors (Lipinski definition) is 5. The molecule has 0 amide bonds. The Labute approximate surface area is 116 Å². The monoisotopic (exact) mass is 268 g/mol. The third-order valence-corrected chi connectivity index (χ3v) is 3.19. The molecule has 6 nitrogen and oxygen atoms in total. The molecule has 0 saturated heterocycles. The quantitative estimate of drug-likeness (QED) is 0.757. The molecule has 0 atom stereocenters. The lowest BCUT2D eigenvalue weighted by Gasteiger charge is -2.07. The molecule has 0 aliphatic rings. The highest BCUT2D eigenvalue weighted by Crippen LogP contribution is 2.15. The molecule has 0 unspecified atom stereocenters. The Hall–Kier alpha value is -2.63. The third-order valence-electron chi connectivity index (χ3n) is 3.19. The lowest BCUT2D eigenvalue weighted by molar-refractivity contribution is 0.947. The Balaban J connectivity index is 1.75. The van der Waals surface area contributed by atoms with Crippen molar-refractivity contribution in [2.45, 2.75) is 6.54 Å². The van der Waals surface area contributed by atoms with Crippen LogP contribution in [0.25, 0.3) is 11.0 Å². The van der Waals surface area contributed by atoms with Gasteiger partial charge in [-0.05, 0) is 17.7 Å². The van der Waals surface area contributed by atoms with Crippen LogP contribution in [0.1, 0.15) is 5.56 Å². The number of imidazole rings is 1. The number of benzene rings is 1. The first-order valence-corrected chi connectivity index (χ1v) is 6.40. The first-order chi connectivity index (χ1) is 9.76. The maximum absolute atomic E-state index is 4.36. The average molecular weight is 268 g/mol. The summed E-state index contributed by atoms with van der Waals surface area (Å²) in [5, 5.41) is 6.27. The minimum atomic E-state index is 0.701. The van der Waals surface area contributed by atoms with Crippen LogP contribution in [0.2, 0.25) is 0 Å². The lowest BCUT2D eigenvalue weighted by Crippen LogP contribution is -2.03. The van der Waals surface area contributed by atoms with E-state index in [-0.39, 0.29) is 0 Å². The third kappa shape index (κ3) is 2.40. The summed E-state index contributed by atoms with van der Waals surface area (Å²) in [5.74, 6) is 1.59. The highest BCUT2D eigenvalue weighted by molar-refractivity contribution is 5.76. The standard InChI is InChI=1S/C14H16N6/c1-15-13-6-14(18-8-17-13)16-7-10-3-4-12-11(5-10)19-9-20(12)2/h3-6,8-9H,7H2,1-2H3,(H2,15,16,17,18). The van der Waals surface area contributed by atoms with Crippen molar-refractivity contribution in [1.82, 2.24) is 19.5 Å². The number of nitrogens with one attached hydrogen (secondary N) is 2. The van der Waals surface area contributed by atoms with Gasteiger partial charge in [-0.3, -0.25) is 0 Å². The van der Waals surface area contributed by atoms with Gasteiger partial charge in [-0.25, -0.2) is 15.0 Å². The number of rotatable bonds is 4. The molecule has 2 heterocycles. The van der Waals surface area contributed by atoms with Gasteiger partial charge in [0, 0.05) is 26.7 Å². The van der Waals surface area contributed by atoms with E-state index in [1.165, 1.54) is 11.9 Å². The number of nitrogens with zero attached hydrogens (tertiary/aromatic N) is 4. The molecule has 3 aromatic rings. The second-order valence-electron chi connectivity index (χ2n) is 4.57. The van der Waals surface area contributed by atoms with Crippen LogP contribution in [0.3, 0.4) is 0 Å². The molecule has 3 rings (SSSR count). The predicted octanol–water partition coefficient (Wildman–Crippen LogP) is 2.02. The van der Waals surface area contributed by atoms with Gasteiger partial charge in [-0.1, -0.05) is 6.07 Å². The minimum Gasteiger partial charge on any atom is -0.373 e. The van der Waals surface area contributed by atoms with E-state index in [4.69, 9.17) is 0 Å². The normalized spacial score (nSPS) is 10.7. The number of fused-ring (bicyclic) bond motifs is 1. The van der Waals surface area contributed by atoms with E-state index in [9.17, 15) is 0 Å². The molecule has 6 heteroatoms. The average Bonchev–Trinajstić information content (AvgIpc) is 2.86. The van der Waals surface area contributed by atoms with E-state index >= 15 is 0 Å². The summed E-state index contributed by atoms with van der Waals surface area (Å²) < 4.78 is 2.01. The van der Waals surface area contributed by atoms with Crippen molar-refractivity contribution in [2.24, 2.45) is 7.05 Å². The topological polar surface area (TPSA) is 67.7 Å². The Kier molecular flexibility index (Phi) is 3.20. The van der Waals surface area contributed by atoms with Gasteiger partial charge in [0.2, 0.25) is 0 Å². The highest BCUT2D eigenvalue weighted by atomic mass is 15.1. The highest BCUT2D eigenvalue weighted by Gasteiger charge is 2.02. The predicted molar refractivity (Wildman–Crippen MR) is 79.6 cm³/mol. The summed E-state index contributed by atoms with van der Waals surface area (Å²) in [6.07, 6.45) is 3.36. The van der Waals surface area contributed by atoms with Gasteiger partial charge in [0.15, 0.2) is 0 Å². The van der Waals surface area contributed by atoms with Crippen LogP contribution in [0.5, 0.6) is 0 Å². The second-order valence-corrected chi connectivity index (χ2v) is 4.57. The van der Waals surface area contributed by atoms with Crippen molar-refractivity contribution in [3.63, 3.8) is 0 Å². The van der Waals surface area contributed by atoms with Crippen LogP contribution >= 0.6 is 0 Å². The van der Waals surface area contributed by atoms with Gasteiger partial charge in [-0.2, -0.15) is 0 Å². The molecule has 2 aromatic heterocycles. The molecule has 0 spiro atoms. The molecule has 0 aliphatic heterocycles. The number of anilines is 2. The summed E-state index contributed by atoms with van der Waals surface area (Å²) in [6.45, 7) is 0.701.